The summed E-state index contributed by atoms with van der Waals surface area (Å²) in [6, 6.07) is 4.65. The molecule has 7 heteroatoms. The molecule has 0 fully saturated rings. The lowest BCUT2D eigenvalue weighted by Gasteiger charge is -2.07. The number of nitrogens with zero attached hydrogens (tertiary/aromatic N) is 3. The van der Waals surface area contributed by atoms with Crippen molar-refractivity contribution < 1.29 is 18.4 Å². The molecule has 1 N–H and O–H groups in total. The molecule has 0 atom stereocenters. The second kappa shape index (κ2) is 4.08. The molecular formula is C10H8F3N3O. The number of rotatable bonds is 2. The molecule has 0 saturated heterocycles. The van der Waals surface area contributed by atoms with Gasteiger partial charge in [0, 0.05) is 5.39 Å². The lowest BCUT2D eigenvalue weighted by molar-refractivity contribution is -0.141. The van der Waals surface area contributed by atoms with Crippen LogP contribution in [0.2, 0.25) is 0 Å². The number of alkyl halides is 3. The molecule has 2 rings (SSSR count). The average molecular weight is 243 g/mol. The molecule has 2 aromatic rings. The van der Waals surface area contributed by atoms with E-state index in [0.717, 1.165) is 4.68 Å². The first-order chi connectivity index (χ1) is 7.99. The van der Waals surface area contributed by atoms with Crippen molar-refractivity contribution in [2.45, 2.75) is 12.7 Å². The Morgan fingerprint density at radius 3 is 2.82 bits per heavy atom. The second-order valence-electron chi connectivity index (χ2n) is 3.48. The Morgan fingerprint density at radius 1 is 1.41 bits per heavy atom. The van der Waals surface area contributed by atoms with E-state index in [-0.39, 0.29) is 0 Å². The Hall–Kier alpha value is -2.05. The maximum Gasteiger partial charge on any atom is 0.408 e. The monoisotopic (exact) mass is 243 g/mol. The summed E-state index contributed by atoms with van der Waals surface area (Å²) >= 11 is 0. The molecule has 0 amide bonds. The maximum absolute atomic E-state index is 12.2. The second-order valence-corrected chi connectivity index (χ2v) is 3.48. The number of aromatic nitrogens is 2. The standard InChI is InChI=1S/C10H8F3N3O/c11-10(12,13)6-16-9-2-1-7(4-15-17)3-8(9)5-14-16/h1-5,17H,6H2/b15-4+. The van der Waals surface area contributed by atoms with Gasteiger partial charge < -0.3 is 5.21 Å². The first-order valence-electron chi connectivity index (χ1n) is 4.69. The van der Waals surface area contributed by atoms with E-state index in [4.69, 9.17) is 5.21 Å². The Balaban J connectivity index is 2.41. The van der Waals surface area contributed by atoms with Crippen LogP contribution < -0.4 is 0 Å². The quantitative estimate of drug-likeness (QED) is 0.500. The highest BCUT2D eigenvalue weighted by molar-refractivity contribution is 5.88. The highest BCUT2D eigenvalue weighted by Crippen LogP contribution is 2.21. The van der Waals surface area contributed by atoms with Gasteiger partial charge in [-0.05, 0) is 17.7 Å². The van der Waals surface area contributed by atoms with Gasteiger partial charge in [0.1, 0.15) is 6.54 Å². The summed E-state index contributed by atoms with van der Waals surface area (Å²) in [5, 5.41) is 15.4. The van der Waals surface area contributed by atoms with Gasteiger partial charge in [0.05, 0.1) is 17.9 Å². The van der Waals surface area contributed by atoms with E-state index >= 15 is 0 Å². The summed E-state index contributed by atoms with van der Waals surface area (Å²) in [6.07, 6.45) is -1.76. The van der Waals surface area contributed by atoms with E-state index in [1.54, 1.807) is 12.1 Å². The van der Waals surface area contributed by atoms with Crippen LogP contribution in [0.25, 0.3) is 10.9 Å². The maximum atomic E-state index is 12.2. The molecule has 1 aromatic heterocycles. The molecule has 0 spiro atoms. The van der Waals surface area contributed by atoms with Crippen LogP contribution in [0.3, 0.4) is 0 Å². The molecule has 4 nitrogen and oxygen atoms in total. The minimum Gasteiger partial charge on any atom is -0.411 e. The van der Waals surface area contributed by atoms with Crippen molar-refractivity contribution in [1.82, 2.24) is 9.78 Å². The first kappa shape index (κ1) is 11.4. The predicted octanol–water partition coefficient (Wildman–Crippen LogP) is 2.41. The Bertz CT molecular complexity index is 559. The summed E-state index contributed by atoms with van der Waals surface area (Å²) in [5.41, 5.74) is 0.976. The number of hydrogen-bond donors (Lipinski definition) is 1. The fourth-order valence-corrected chi connectivity index (χ4v) is 1.55. The molecule has 0 unspecified atom stereocenters. The Morgan fingerprint density at radius 2 is 2.18 bits per heavy atom. The molecule has 0 aliphatic rings. The normalized spacial score (nSPS) is 12.6. The third kappa shape index (κ3) is 2.55. The summed E-state index contributed by atoms with van der Waals surface area (Å²) in [4.78, 5) is 0. The van der Waals surface area contributed by atoms with Crippen LogP contribution in [0.1, 0.15) is 5.56 Å². The largest absolute Gasteiger partial charge is 0.411 e. The fraction of sp³-hybridized carbons (Fsp3) is 0.200. The third-order valence-electron chi connectivity index (χ3n) is 2.20. The van der Waals surface area contributed by atoms with E-state index in [9.17, 15) is 13.2 Å². The Kier molecular flexibility index (Phi) is 2.74. The predicted molar refractivity (Wildman–Crippen MR) is 55.2 cm³/mol. The molecule has 0 saturated carbocycles. The number of benzene rings is 1. The topological polar surface area (TPSA) is 50.4 Å². The van der Waals surface area contributed by atoms with Crippen molar-refractivity contribution >= 4 is 17.1 Å². The molecular weight excluding hydrogens is 235 g/mol. The minimum atomic E-state index is -4.30. The van der Waals surface area contributed by atoms with Gasteiger partial charge in [-0.2, -0.15) is 18.3 Å². The average Bonchev–Trinajstić information content (AvgIpc) is 2.59. The molecule has 1 heterocycles. The van der Waals surface area contributed by atoms with Crippen molar-refractivity contribution in [2.75, 3.05) is 0 Å². The van der Waals surface area contributed by atoms with Crippen molar-refractivity contribution in [3.8, 4) is 0 Å². The van der Waals surface area contributed by atoms with Crippen LogP contribution in [0.4, 0.5) is 13.2 Å². The van der Waals surface area contributed by atoms with E-state index in [1.807, 2.05) is 0 Å². The highest BCUT2D eigenvalue weighted by Gasteiger charge is 2.29. The van der Waals surface area contributed by atoms with Gasteiger partial charge >= 0.3 is 6.18 Å². The molecule has 90 valence electrons. The molecule has 0 aliphatic carbocycles. The van der Waals surface area contributed by atoms with Crippen LogP contribution in [0.5, 0.6) is 0 Å². The summed E-state index contributed by atoms with van der Waals surface area (Å²) in [6.45, 7) is -1.12. The van der Waals surface area contributed by atoms with Crippen molar-refractivity contribution in [3.63, 3.8) is 0 Å². The Labute approximate surface area is 94.0 Å². The van der Waals surface area contributed by atoms with Gasteiger partial charge in [0.2, 0.25) is 0 Å². The van der Waals surface area contributed by atoms with Crippen LogP contribution in [-0.2, 0) is 6.54 Å². The number of oxime groups is 1. The molecule has 0 aliphatic heterocycles. The van der Waals surface area contributed by atoms with Crippen LogP contribution in [-0.4, -0.2) is 27.4 Å². The van der Waals surface area contributed by atoms with Crippen LogP contribution in [0.15, 0.2) is 29.6 Å². The zero-order chi connectivity index (χ0) is 12.5. The number of halogens is 3. The fourth-order valence-electron chi connectivity index (χ4n) is 1.55. The van der Waals surface area contributed by atoms with Gasteiger partial charge in [-0.25, -0.2) is 0 Å². The number of hydrogen-bond acceptors (Lipinski definition) is 3. The summed E-state index contributed by atoms with van der Waals surface area (Å²) in [7, 11) is 0. The molecule has 17 heavy (non-hydrogen) atoms. The lowest BCUT2D eigenvalue weighted by Crippen LogP contribution is -2.18. The smallest absolute Gasteiger partial charge is 0.408 e. The van der Waals surface area contributed by atoms with Crippen LogP contribution >= 0.6 is 0 Å². The summed E-state index contributed by atoms with van der Waals surface area (Å²) in [5.74, 6) is 0. The molecule has 1 aromatic carbocycles. The summed E-state index contributed by atoms with van der Waals surface area (Å²) < 4.78 is 37.6. The number of fused-ring (bicyclic) bond motifs is 1. The molecule has 0 radical (unpaired) electrons. The zero-order valence-electron chi connectivity index (χ0n) is 8.52. The minimum absolute atomic E-state index is 0.386. The van der Waals surface area contributed by atoms with Crippen LogP contribution in [0, 0.1) is 0 Å². The SMILES string of the molecule is O/N=C/c1ccc2c(cnn2CC(F)(F)F)c1. The highest BCUT2D eigenvalue weighted by atomic mass is 19.4. The van der Waals surface area contributed by atoms with E-state index in [2.05, 4.69) is 10.3 Å². The third-order valence-corrected chi connectivity index (χ3v) is 2.20. The van der Waals surface area contributed by atoms with Gasteiger partial charge in [0.25, 0.3) is 0 Å². The van der Waals surface area contributed by atoms with Crippen molar-refractivity contribution in [3.05, 3.63) is 30.0 Å². The van der Waals surface area contributed by atoms with Crippen molar-refractivity contribution in [2.24, 2.45) is 5.16 Å². The van der Waals surface area contributed by atoms with Gasteiger partial charge in [0.15, 0.2) is 0 Å². The van der Waals surface area contributed by atoms with Gasteiger partial charge in [-0.15, -0.1) is 0 Å². The van der Waals surface area contributed by atoms with Gasteiger partial charge in [-0.3, -0.25) is 4.68 Å². The molecule has 0 bridgehead atoms. The van der Waals surface area contributed by atoms with E-state index < -0.39 is 12.7 Å². The zero-order valence-corrected chi connectivity index (χ0v) is 8.52. The van der Waals surface area contributed by atoms with Gasteiger partial charge in [-0.1, -0.05) is 11.2 Å². The van der Waals surface area contributed by atoms with E-state index in [1.165, 1.54) is 18.5 Å². The van der Waals surface area contributed by atoms with Crippen molar-refractivity contribution in [1.29, 1.82) is 0 Å². The van der Waals surface area contributed by atoms with E-state index in [0.29, 0.717) is 16.5 Å². The first-order valence-corrected chi connectivity index (χ1v) is 4.69. The lowest BCUT2D eigenvalue weighted by atomic mass is 10.2.